The monoisotopic (exact) mass is 280 g/mol. The summed E-state index contributed by atoms with van der Waals surface area (Å²) in [5, 5.41) is 4.88. The highest BCUT2D eigenvalue weighted by Gasteiger charge is 2.08. The quantitative estimate of drug-likeness (QED) is 0.677. The summed E-state index contributed by atoms with van der Waals surface area (Å²) >= 11 is 11.8. The summed E-state index contributed by atoms with van der Waals surface area (Å²) < 4.78 is 7.11. The van der Waals surface area contributed by atoms with E-state index in [0.717, 1.165) is 0 Å². The second kappa shape index (κ2) is 4.44. The van der Waals surface area contributed by atoms with E-state index in [0.29, 0.717) is 22.4 Å². The summed E-state index contributed by atoms with van der Waals surface area (Å²) in [5.41, 5.74) is 0. The van der Waals surface area contributed by atoms with Gasteiger partial charge in [-0.3, -0.25) is 0 Å². The first-order valence-electron chi connectivity index (χ1n) is 5.02. The number of halogens is 2. The van der Waals surface area contributed by atoms with Crippen molar-refractivity contribution in [2.24, 2.45) is 0 Å². The van der Waals surface area contributed by atoms with Crippen LogP contribution >= 0.6 is 23.2 Å². The standard InChI is InChI=1S/C11H6Cl2N4O/c12-7-2-1-3-8(4-7)18-10-5-9(13)16-11-14-6-15-17(10)11/h1-6H. The van der Waals surface area contributed by atoms with E-state index in [9.17, 15) is 0 Å². The lowest BCUT2D eigenvalue weighted by atomic mass is 10.3. The molecule has 0 bridgehead atoms. The van der Waals surface area contributed by atoms with Crippen molar-refractivity contribution in [2.75, 3.05) is 0 Å². The maximum Gasteiger partial charge on any atom is 0.256 e. The third kappa shape index (κ3) is 2.10. The Balaban J connectivity index is 2.06. The van der Waals surface area contributed by atoms with Crippen LogP contribution in [0.25, 0.3) is 5.78 Å². The van der Waals surface area contributed by atoms with E-state index < -0.39 is 0 Å². The highest BCUT2D eigenvalue weighted by Crippen LogP contribution is 2.25. The van der Waals surface area contributed by atoms with Crippen molar-refractivity contribution in [3.63, 3.8) is 0 Å². The van der Waals surface area contributed by atoms with Crippen LogP contribution in [0.3, 0.4) is 0 Å². The van der Waals surface area contributed by atoms with Crippen molar-refractivity contribution in [2.45, 2.75) is 0 Å². The van der Waals surface area contributed by atoms with Crippen LogP contribution in [-0.4, -0.2) is 19.6 Å². The molecule has 7 heteroatoms. The van der Waals surface area contributed by atoms with Gasteiger partial charge in [0.15, 0.2) is 0 Å². The van der Waals surface area contributed by atoms with Gasteiger partial charge in [0.2, 0.25) is 5.88 Å². The molecule has 2 heterocycles. The molecular formula is C11H6Cl2N4O. The minimum absolute atomic E-state index is 0.285. The Morgan fingerprint density at radius 3 is 2.89 bits per heavy atom. The second-order valence-corrected chi connectivity index (χ2v) is 4.27. The predicted octanol–water partition coefficient (Wildman–Crippen LogP) is 3.22. The van der Waals surface area contributed by atoms with Gasteiger partial charge in [-0.2, -0.15) is 19.6 Å². The molecule has 2 aromatic heterocycles. The lowest BCUT2D eigenvalue weighted by molar-refractivity contribution is 0.446. The predicted molar refractivity (Wildman–Crippen MR) is 67.3 cm³/mol. The van der Waals surface area contributed by atoms with Crippen LogP contribution in [0.5, 0.6) is 11.6 Å². The van der Waals surface area contributed by atoms with E-state index in [2.05, 4.69) is 15.1 Å². The smallest absolute Gasteiger partial charge is 0.256 e. The molecule has 3 rings (SSSR count). The summed E-state index contributed by atoms with van der Waals surface area (Å²) in [5.74, 6) is 1.38. The molecule has 0 amide bonds. The molecule has 5 nitrogen and oxygen atoms in total. The summed E-state index contributed by atoms with van der Waals surface area (Å²) in [6, 6.07) is 8.59. The minimum Gasteiger partial charge on any atom is -0.439 e. The summed E-state index contributed by atoms with van der Waals surface area (Å²) in [6.07, 6.45) is 1.38. The highest BCUT2D eigenvalue weighted by molar-refractivity contribution is 6.30. The number of hydrogen-bond acceptors (Lipinski definition) is 4. The molecule has 0 saturated carbocycles. The Morgan fingerprint density at radius 2 is 2.06 bits per heavy atom. The van der Waals surface area contributed by atoms with Crippen molar-refractivity contribution in [1.82, 2.24) is 19.6 Å². The van der Waals surface area contributed by atoms with Crippen LogP contribution in [0.1, 0.15) is 0 Å². The number of aromatic nitrogens is 4. The van der Waals surface area contributed by atoms with Crippen LogP contribution in [-0.2, 0) is 0 Å². The third-order valence-corrected chi connectivity index (χ3v) is 2.64. The molecule has 0 aliphatic rings. The van der Waals surface area contributed by atoms with Gasteiger partial charge >= 0.3 is 0 Å². The summed E-state index contributed by atoms with van der Waals surface area (Å²) in [7, 11) is 0. The molecule has 0 N–H and O–H groups in total. The van der Waals surface area contributed by atoms with E-state index in [4.69, 9.17) is 27.9 Å². The van der Waals surface area contributed by atoms with Gasteiger partial charge in [0, 0.05) is 11.1 Å². The van der Waals surface area contributed by atoms with Crippen molar-refractivity contribution >= 4 is 29.0 Å². The minimum atomic E-state index is 0.285. The summed E-state index contributed by atoms with van der Waals surface area (Å²) in [6.45, 7) is 0. The normalized spacial score (nSPS) is 10.8. The van der Waals surface area contributed by atoms with E-state index in [1.165, 1.54) is 10.8 Å². The Bertz CT molecular complexity index is 713. The third-order valence-electron chi connectivity index (χ3n) is 2.21. The van der Waals surface area contributed by atoms with Gasteiger partial charge in [-0.25, -0.2) is 0 Å². The van der Waals surface area contributed by atoms with Gasteiger partial charge in [0.1, 0.15) is 17.2 Å². The fourth-order valence-corrected chi connectivity index (χ4v) is 1.83. The van der Waals surface area contributed by atoms with E-state index in [1.54, 1.807) is 30.3 Å². The average molecular weight is 281 g/mol. The van der Waals surface area contributed by atoms with Crippen LogP contribution in [0.2, 0.25) is 10.2 Å². The number of rotatable bonds is 2. The van der Waals surface area contributed by atoms with Crippen molar-refractivity contribution < 1.29 is 4.74 Å². The molecule has 1 aromatic carbocycles. The molecule has 3 aromatic rings. The van der Waals surface area contributed by atoms with Crippen molar-refractivity contribution in [3.05, 3.63) is 46.8 Å². The Hall–Kier alpha value is -1.85. The average Bonchev–Trinajstić information content (AvgIpc) is 2.77. The van der Waals surface area contributed by atoms with E-state index >= 15 is 0 Å². The van der Waals surface area contributed by atoms with Crippen LogP contribution in [0.15, 0.2) is 36.7 Å². The van der Waals surface area contributed by atoms with Gasteiger partial charge in [0.05, 0.1) is 0 Å². The summed E-state index contributed by atoms with van der Waals surface area (Å²) in [4.78, 5) is 7.95. The molecule has 18 heavy (non-hydrogen) atoms. The largest absolute Gasteiger partial charge is 0.439 e. The maximum absolute atomic E-state index is 5.89. The van der Waals surface area contributed by atoms with Gasteiger partial charge in [-0.1, -0.05) is 29.3 Å². The molecule has 0 fully saturated rings. The molecule has 90 valence electrons. The molecule has 0 aliphatic heterocycles. The van der Waals surface area contributed by atoms with Gasteiger partial charge in [-0.05, 0) is 18.2 Å². The molecule has 0 radical (unpaired) electrons. The first-order chi connectivity index (χ1) is 8.72. The zero-order chi connectivity index (χ0) is 12.5. The number of ether oxygens (including phenoxy) is 1. The topological polar surface area (TPSA) is 52.3 Å². The van der Waals surface area contributed by atoms with Gasteiger partial charge in [-0.15, -0.1) is 0 Å². The van der Waals surface area contributed by atoms with Crippen LogP contribution in [0, 0.1) is 0 Å². The lowest BCUT2D eigenvalue weighted by Gasteiger charge is -2.07. The number of nitrogens with zero attached hydrogens (tertiary/aromatic N) is 4. The van der Waals surface area contributed by atoms with Crippen molar-refractivity contribution in [1.29, 1.82) is 0 Å². The molecule has 0 atom stereocenters. The fourth-order valence-electron chi connectivity index (χ4n) is 1.48. The number of hydrogen-bond donors (Lipinski definition) is 0. The fraction of sp³-hybridized carbons (Fsp3) is 0. The van der Waals surface area contributed by atoms with E-state index in [-0.39, 0.29) is 5.15 Å². The van der Waals surface area contributed by atoms with E-state index in [1.807, 2.05) is 0 Å². The molecule has 0 saturated heterocycles. The zero-order valence-electron chi connectivity index (χ0n) is 8.92. The first kappa shape index (κ1) is 11.3. The van der Waals surface area contributed by atoms with Crippen molar-refractivity contribution in [3.8, 4) is 11.6 Å². The molecule has 0 spiro atoms. The Labute approximate surface area is 112 Å². The highest BCUT2D eigenvalue weighted by atomic mass is 35.5. The Morgan fingerprint density at radius 1 is 1.17 bits per heavy atom. The van der Waals surface area contributed by atoms with Gasteiger partial charge in [0.25, 0.3) is 5.78 Å². The maximum atomic E-state index is 5.89. The SMILES string of the molecule is Clc1cccc(Oc2cc(Cl)nc3ncnn23)c1. The Kier molecular flexibility index (Phi) is 2.77. The molecular weight excluding hydrogens is 275 g/mol. The first-order valence-corrected chi connectivity index (χ1v) is 5.78. The second-order valence-electron chi connectivity index (χ2n) is 3.45. The molecule has 0 unspecified atom stereocenters. The molecule has 0 aliphatic carbocycles. The van der Waals surface area contributed by atoms with Crippen LogP contribution < -0.4 is 4.74 Å². The van der Waals surface area contributed by atoms with Gasteiger partial charge < -0.3 is 4.74 Å². The van der Waals surface area contributed by atoms with Crippen LogP contribution in [0.4, 0.5) is 0 Å². The zero-order valence-corrected chi connectivity index (χ0v) is 10.4. The number of benzene rings is 1. The lowest BCUT2D eigenvalue weighted by Crippen LogP contribution is -1.97. The number of fused-ring (bicyclic) bond motifs is 1.